The molecular weight excluding hydrogens is 228 g/mol. The van der Waals surface area contributed by atoms with E-state index in [4.69, 9.17) is 4.74 Å². The van der Waals surface area contributed by atoms with Crippen LogP contribution in [0.5, 0.6) is 5.75 Å². The van der Waals surface area contributed by atoms with Gasteiger partial charge in [0.1, 0.15) is 18.7 Å². The summed E-state index contributed by atoms with van der Waals surface area (Å²) in [6.45, 7) is 3.29. The average Bonchev–Trinajstić information content (AvgIpc) is 2.74. The molecule has 1 aromatic carbocycles. The Balaban J connectivity index is 2.11. The van der Waals surface area contributed by atoms with E-state index in [0.717, 1.165) is 23.7 Å². The maximum Gasteiger partial charge on any atom is 0.164 e. The Morgan fingerprint density at radius 2 is 2.22 bits per heavy atom. The maximum absolute atomic E-state index is 5.81. The van der Waals surface area contributed by atoms with E-state index in [1.54, 1.807) is 4.68 Å². The van der Waals surface area contributed by atoms with E-state index in [1.807, 2.05) is 26.2 Å². The summed E-state index contributed by atoms with van der Waals surface area (Å²) in [5.74, 6) is 1.70. The highest BCUT2D eigenvalue weighted by molar-refractivity contribution is 5.36. The molecule has 96 valence electrons. The summed E-state index contributed by atoms with van der Waals surface area (Å²) in [5.41, 5.74) is 2.38. The van der Waals surface area contributed by atoms with E-state index >= 15 is 0 Å². The Hall–Kier alpha value is -1.88. The standard InChI is InChI=1S/C13H18N4O/c1-10-4-5-12(11(6-10)7-14-2)18-8-13-15-9-16-17(13)3/h4-6,9,14H,7-8H2,1-3H3. The number of nitrogens with one attached hydrogen (secondary N) is 1. The summed E-state index contributed by atoms with van der Waals surface area (Å²) < 4.78 is 7.52. The van der Waals surface area contributed by atoms with Crippen LogP contribution in [0.4, 0.5) is 0 Å². The molecule has 1 N–H and O–H groups in total. The van der Waals surface area contributed by atoms with Gasteiger partial charge in [-0.1, -0.05) is 17.7 Å². The molecule has 0 spiro atoms. The zero-order valence-electron chi connectivity index (χ0n) is 11.0. The van der Waals surface area contributed by atoms with Crippen LogP contribution in [0.1, 0.15) is 17.0 Å². The van der Waals surface area contributed by atoms with Gasteiger partial charge in [0, 0.05) is 19.2 Å². The van der Waals surface area contributed by atoms with Crippen LogP contribution in [-0.2, 0) is 20.2 Å². The average molecular weight is 246 g/mol. The van der Waals surface area contributed by atoms with Crippen molar-refractivity contribution in [1.29, 1.82) is 0 Å². The van der Waals surface area contributed by atoms with Crippen LogP contribution in [0.3, 0.4) is 0 Å². The highest BCUT2D eigenvalue weighted by Crippen LogP contribution is 2.20. The van der Waals surface area contributed by atoms with E-state index in [0.29, 0.717) is 6.61 Å². The molecule has 1 heterocycles. The van der Waals surface area contributed by atoms with Crippen molar-refractivity contribution in [2.45, 2.75) is 20.1 Å². The second-order valence-corrected chi connectivity index (χ2v) is 4.23. The van der Waals surface area contributed by atoms with Gasteiger partial charge in [-0.15, -0.1) is 0 Å². The zero-order valence-corrected chi connectivity index (χ0v) is 11.0. The minimum Gasteiger partial charge on any atom is -0.485 e. The maximum atomic E-state index is 5.81. The molecule has 0 unspecified atom stereocenters. The van der Waals surface area contributed by atoms with Gasteiger partial charge in [0.05, 0.1) is 0 Å². The molecule has 5 heteroatoms. The first-order valence-corrected chi connectivity index (χ1v) is 5.90. The molecule has 0 aliphatic rings. The summed E-state index contributed by atoms with van der Waals surface area (Å²) in [5, 5.41) is 7.16. The predicted octanol–water partition coefficient (Wildman–Crippen LogP) is 1.42. The Morgan fingerprint density at radius 3 is 2.89 bits per heavy atom. The molecule has 18 heavy (non-hydrogen) atoms. The topological polar surface area (TPSA) is 52.0 Å². The molecule has 0 radical (unpaired) electrons. The molecule has 2 rings (SSSR count). The molecular formula is C13H18N4O. The monoisotopic (exact) mass is 246 g/mol. The number of aromatic nitrogens is 3. The van der Waals surface area contributed by atoms with E-state index in [2.05, 4.69) is 28.4 Å². The molecule has 0 saturated heterocycles. The van der Waals surface area contributed by atoms with Crippen LogP contribution >= 0.6 is 0 Å². The Bertz CT molecular complexity index is 521. The first-order valence-electron chi connectivity index (χ1n) is 5.90. The number of nitrogens with zero attached hydrogens (tertiary/aromatic N) is 3. The van der Waals surface area contributed by atoms with Crippen LogP contribution in [0, 0.1) is 6.92 Å². The number of benzene rings is 1. The number of rotatable bonds is 5. The van der Waals surface area contributed by atoms with Gasteiger partial charge in [-0.2, -0.15) is 5.10 Å². The molecule has 0 amide bonds. The largest absolute Gasteiger partial charge is 0.485 e. The fourth-order valence-electron chi connectivity index (χ4n) is 1.77. The molecule has 0 atom stereocenters. The Labute approximate surface area is 107 Å². The van der Waals surface area contributed by atoms with E-state index in [-0.39, 0.29) is 0 Å². The smallest absolute Gasteiger partial charge is 0.164 e. The lowest BCUT2D eigenvalue weighted by atomic mass is 10.1. The summed E-state index contributed by atoms with van der Waals surface area (Å²) in [7, 11) is 3.78. The third-order valence-corrected chi connectivity index (χ3v) is 2.75. The van der Waals surface area contributed by atoms with Gasteiger partial charge in [0.25, 0.3) is 0 Å². The van der Waals surface area contributed by atoms with Crippen molar-refractivity contribution in [3.63, 3.8) is 0 Å². The quantitative estimate of drug-likeness (QED) is 0.867. The van der Waals surface area contributed by atoms with Gasteiger partial charge in [-0.25, -0.2) is 4.98 Å². The lowest BCUT2D eigenvalue weighted by Crippen LogP contribution is -2.09. The molecule has 0 aliphatic heterocycles. The van der Waals surface area contributed by atoms with E-state index < -0.39 is 0 Å². The fraction of sp³-hybridized carbons (Fsp3) is 0.385. The second-order valence-electron chi connectivity index (χ2n) is 4.23. The van der Waals surface area contributed by atoms with Crippen molar-refractivity contribution in [1.82, 2.24) is 20.1 Å². The molecule has 0 saturated carbocycles. The Morgan fingerprint density at radius 1 is 1.39 bits per heavy atom. The molecule has 5 nitrogen and oxygen atoms in total. The molecule has 1 aromatic heterocycles. The van der Waals surface area contributed by atoms with Crippen molar-refractivity contribution in [2.75, 3.05) is 7.05 Å². The summed E-state index contributed by atoms with van der Waals surface area (Å²) in [6, 6.07) is 6.17. The van der Waals surface area contributed by atoms with Crippen molar-refractivity contribution >= 4 is 0 Å². The van der Waals surface area contributed by atoms with Gasteiger partial charge in [0.15, 0.2) is 5.82 Å². The number of aryl methyl sites for hydroxylation is 2. The van der Waals surface area contributed by atoms with Crippen LogP contribution in [0.2, 0.25) is 0 Å². The first-order chi connectivity index (χ1) is 8.70. The number of ether oxygens (including phenoxy) is 1. The number of hydrogen-bond donors (Lipinski definition) is 1. The van der Waals surface area contributed by atoms with Crippen molar-refractivity contribution in [3.05, 3.63) is 41.5 Å². The predicted molar refractivity (Wildman–Crippen MR) is 69.3 cm³/mol. The number of hydrogen-bond acceptors (Lipinski definition) is 4. The van der Waals surface area contributed by atoms with Crippen LogP contribution < -0.4 is 10.1 Å². The summed E-state index contributed by atoms with van der Waals surface area (Å²) >= 11 is 0. The SMILES string of the molecule is CNCc1cc(C)ccc1OCc1ncnn1C. The Kier molecular flexibility index (Phi) is 3.94. The highest BCUT2D eigenvalue weighted by Gasteiger charge is 2.06. The van der Waals surface area contributed by atoms with Crippen molar-refractivity contribution in [3.8, 4) is 5.75 Å². The first kappa shape index (κ1) is 12.6. The van der Waals surface area contributed by atoms with Gasteiger partial charge in [-0.3, -0.25) is 4.68 Å². The van der Waals surface area contributed by atoms with E-state index in [9.17, 15) is 0 Å². The van der Waals surface area contributed by atoms with Crippen LogP contribution in [0.15, 0.2) is 24.5 Å². The van der Waals surface area contributed by atoms with Crippen LogP contribution in [0.25, 0.3) is 0 Å². The third kappa shape index (κ3) is 2.87. The van der Waals surface area contributed by atoms with Gasteiger partial charge < -0.3 is 10.1 Å². The highest BCUT2D eigenvalue weighted by atomic mass is 16.5. The van der Waals surface area contributed by atoms with Crippen molar-refractivity contribution < 1.29 is 4.74 Å². The fourth-order valence-corrected chi connectivity index (χ4v) is 1.77. The molecule has 0 bridgehead atoms. The summed E-state index contributed by atoms with van der Waals surface area (Å²) in [6.07, 6.45) is 1.53. The minimum absolute atomic E-state index is 0.427. The van der Waals surface area contributed by atoms with Gasteiger partial charge in [0.2, 0.25) is 0 Å². The third-order valence-electron chi connectivity index (χ3n) is 2.75. The molecule has 0 fully saturated rings. The van der Waals surface area contributed by atoms with Crippen molar-refractivity contribution in [2.24, 2.45) is 7.05 Å². The van der Waals surface area contributed by atoms with Crippen LogP contribution in [-0.4, -0.2) is 21.8 Å². The lowest BCUT2D eigenvalue weighted by Gasteiger charge is -2.11. The normalized spacial score (nSPS) is 10.6. The minimum atomic E-state index is 0.427. The summed E-state index contributed by atoms with van der Waals surface area (Å²) in [4.78, 5) is 4.14. The lowest BCUT2D eigenvalue weighted by molar-refractivity contribution is 0.286. The molecule has 2 aromatic rings. The second kappa shape index (κ2) is 5.64. The zero-order chi connectivity index (χ0) is 13.0. The van der Waals surface area contributed by atoms with Gasteiger partial charge in [-0.05, 0) is 20.0 Å². The molecule has 0 aliphatic carbocycles. The van der Waals surface area contributed by atoms with E-state index in [1.165, 1.54) is 11.9 Å². The van der Waals surface area contributed by atoms with Gasteiger partial charge >= 0.3 is 0 Å².